The van der Waals surface area contributed by atoms with Crippen molar-refractivity contribution in [3.8, 4) is 0 Å². The summed E-state index contributed by atoms with van der Waals surface area (Å²) in [6, 6.07) is 0. The molecule has 0 spiro atoms. The lowest BCUT2D eigenvalue weighted by Crippen LogP contribution is -2.34. The number of hydrogen-bond acceptors (Lipinski definition) is 0. The van der Waals surface area contributed by atoms with Gasteiger partial charge in [-0.1, -0.05) is 90.7 Å². The molecule has 2 saturated carbocycles. The van der Waals surface area contributed by atoms with Crippen molar-refractivity contribution in [1.82, 2.24) is 0 Å². The molecule has 0 nitrogen and oxygen atoms in total. The number of allylic oxidation sites excluding steroid dienone is 2. The Balaban J connectivity index is 0.000000253. The first-order chi connectivity index (χ1) is 13.0. The first kappa shape index (κ1) is 21.4. The molecule has 156 valence electrons. The maximum atomic E-state index is 2.53. The van der Waals surface area contributed by atoms with Crippen molar-refractivity contribution in [3.63, 3.8) is 0 Å². The Kier molecular flexibility index (Phi) is 7.92. The second-order valence-electron chi connectivity index (χ2n) is 11.1. The molecule has 0 aromatic heterocycles. The second-order valence-corrected chi connectivity index (χ2v) is 11.1. The zero-order valence-corrected chi connectivity index (χ0v) is 19.2. The van der Waals surface area contributed by atoms with Gasteiger partial charge >= 0.3 is 0 Å². The quantitative estimate of drug-likeness (QED) is 0.403. The molecule has 4 unspecified atom stereocenters. The van der Waals surface area contributed by atoms with Gasteiger partial charge < -0.3 is 0 Å². The Morgan fingerprint density at radius 3 is 1.44 bits per heavy atom. The van der Waals surface area contributed by atoms with Crippen LogP contribution in [0.5, 0.6) is 0 Å². The van der Waals surface area contributed by atoms with Gasteiger partial charge in [-0.15, -0.1) is 0 Å². The van der Waals surface area contributed by atoms with Crippen LogP contribution in [0.15, 0.2) is 11.1 Å². The van der Waals surface area contributed by atoms with Gasteiger partial charge in [-0.2, -0.15) is 0 Å². The van der Waals surface area contributed by atoms with E-state index in [0.29, 0.717) is 0 Å². The van der Waals surface area contributed by atoms with Crippen molar-refractivity contribution >= 4 is 0 Å². The SMILES string of the molecule is CC1CCC(C2CCC(C)C3=C2C(C)CCC3C)CC1.CC1CCCCC1. The molecular formula is C27H48. The van der Waals surface area contributed by atoms with Crippen LogP contribution >= 0.6 is 0 Å². The minimum absolute atomic E-state index is 0.876. The van der Waals surface area contributed by atoms with E-state index in [0.717, 1.165) is 41.4 Å². The average molecular weight is 373 g/mol. The summed E-state index contributed by atoms with van der Waals surface area (Å²) in [7, 11) is 0. The van der Waals surface area contributed by atoms with E-state index in [1.165, 1.54) is 83.5 Å². The Labute approximate surface area is 171 Å². The highest BCUT2D eigenvalue weighted by Crippen LogP contribution is 2.51. The van der Waals surface area contributed by atoms with Crippen LogP contribution in [-0.4, -0.2) is 0 Å². The average Bonchev–Trinajstić information content (AvgIpc) is 2.67. The van der Waals surface area contributed by atoms with Crippen molar-refractivity contribution in [3.05, 3.63) is 11.1 Å². The van der Waals surface area contributed by atoms with Gasteiger partial charge in [-0.05, 0) is 80.0 Å². The van der Waals surface area contributed by atoms with E-state index in [1.54, 1.807) is 0 Å². The van der Waals surface area contributed by atoms with Crippen molar-refractivity contribution in [2.24, 2.45) is 41.4 Å². The van der Waals surface area contributed by atoms with E-state index in [1.807, 2.05) is 11.1 Å². The zero-order chi connectivity index (χ0) is 19.4. The summed E-state index contributed by atoms with van der Waals surface area (Å²) in [6.45, 7) is 12.3. The normalized spacial score (nSPS) is 40.8. The maximum absolute atomic E-state index is 2.53. The molecule has 0 heteroatoms. The third kappa shape index (κ3) is 5.42. The first-order valence-electron chi connectivity index (χ1n) is 12.7. The fourth-order valence-corrected chi connectivity index (χ4v) is 6.95. The zero-order valence-electron chi connectivity index (χ0n) is 19.2. The van der Waals surface area contributed by atoms with Crippen LogP contribution in [-0.2, 0) is 0 Å². The van der Waals surface area contributed by atoms with Gasteiger partial charge in [0.2, 0.25) is 0 Å². The molecule has 2 fully saturated rings. The van der Waals surface area contributed by atoms with Crippen molar-refractivity contribution in [2.45, 2.75) is 118 Å². The molecule has 4 aliphatic rings. The molecule has 4 rings (SSSR count). The van der Waals surface area contributed by atoms with Crippen LogP contribution < -0.4 is 0 Å². The predicted octanol–water partition coefficient (Wildman–Crippen LogP) is 8.81. The molecule has 4 aliphatic carbocycles. The van der Waals surface area contributed by atoms with Crippen LogP contribution in [0, 0.1) is 41.4 Å². The van der Waals surface area contributed by atoms with Gasteiger partial charge in [0.05, 0.1) is 0 Å². The molecule has 0 saturated heterocycles. The fraction of sp³-hybridized carbons (Fsp3) is 0.926. The van der Waals surface area contributed by atoms with Gasteiger partial charge in [0, 0.05) is 0 Å². The lowest BCUT2D eigenvalue weighted by Gasteiger charge is -2.46. The van der Waals surface area contributed by atoms with Gasteiger partial charge in [-0.25, -0.2) is 0 Å². The lowest BCUT2D eigenvalue weighted by molar-refractivity contribution is 0.187. The van der Waals surface area contributed by atoms with Crippen molar-refractivity contribution < 1.29 is 0 Å². The Morgan fingerprint density at radius 2 is 0.926 bits per heavy atom. The first-order valence-corrected chi connectivity index (χ1v) is 12.7. The van der Waals surface area contributed by atoms with E-state index in [9.17, 15) is 0 Å². The summed E-state index contributed by atoms with van der Waals surface area (Å²) >= 11 is 0. The van der Waals surface area contributed by atoms with Crippen LogP contribution in [0.4, 0.5) is 0 Å². The highest BCUT2D eigenvalue weighted by Gasteiger charge is 2.39. The summed E-state index contributed by atoms with van der Waals surface area (Å²) in [6.07, 6.45) is 19.3. The highest BCUT2D eigenvalue weighted by atomic mass is 14.4. The molecular weight excluding hydrogens is 324 g/mol. The third-order valence-electron chi connectivity index (χ3n) is 8.79. The Hall–Kier alpha value is -0.260. The van der Waals surface area contributed by atoms with Crippen LogP contribution in [0.1, 0.15) is 118 Å². The standard InChI is InChI=1S/C20H34.C7H14/c1-13-5-10-17(11-6-13)18-12-9-15(3)19-14(2)7-8-16(4)20(18)19;1-7-5-3-2-4-6-7/h13-18H,5-12H2,1-4H3;7H,2-6H2,1H3. The minimum atomic E-state index is 0.876. The Bertz CT molecular complexity index is 466. The smallest absolute Gasteiger partial charge is 0.0169 e. The summed E-state index contributed by atoms with van der Waals surface area (Å²) in [5.74, 6) is 6.65. The Morgan fingerprint density at radius 1 is 0.444 bits per heavy atom. The van der Waals surface area contributed by atoms with Crippen LogP contribution in [0.2, 0.25) is 0 Å². The molecule has 4 atom stereocenters. The summed E-state index contributed by atoms with van der Waals surface area (Å²) in [5.41, 5.74) is 3.88. The summed E-state index contributed by atoms with van der Waals surface area (Å²) in [4.78, 5) is 0. The maximum Gasteiger partial charge on any atom is -0.0169 e. The monoisotopic (exact) mass is 372 g/mol. The molecule has 0 heterocycles. The lowest BCUT2D eigenvalue weighted by atomic mass is 9.60. The molecule has 0 aromatic carbocycles. The fourth-order valence-electron chi connectivity index (χ4n) is 6.95. The van der Waals surface area contributed by atoms with Gasteiger partial charge in [0.25, 0.3) is 0 Å². The van der Waals surface area contributed by atoms with Crippen molar-refractivity contribution in [2.75, 3.05) is 0 Å². The molecule has 0 N–H and O–H groups in total. The van der Waals surface area contributed by atoms with Crippen LogP contribution in [0.3, 0.4) is 0 Å². The molecule has 0 aliphatic heterocycles. The molecule has 27 heavy (non-hydrogen) atoms. The van der Waals surface area contributed by atoms with Crippen LogP contribution in [0.25, 0.3) is 0 Å². The molecule has 0 bridgehead atoms. The molecule has 0 aromatic rings. The van der Waals surface area contributed by atoms with Crippen molar-refractivity contribution in [1.29, 1.82) is 0 Å². The molecule has 0 radical (unpaired) electrons. The molecule has 0 amide bonds. The second kappa shape index (κ2) is 9.98. The number of hydrogen-bond donors (Lipinski definition) is 0. The summed E-state index contributed by atoms with van der Waals surface area (Å²) in [5, 5.41) is 0. The number of rotatable bonds is 1. The van der Waals surface area contributed by atoms with E-state index in [-0.39, 0.29) is 0 Å². The largest absolute Gasteiger partial charge is 0.0648 e. The highest BCUT2D eigenvalue weighted by molar-refractivity contribution is 5.29. The van der Waals surface area contributed by atoms with E-state index in [4.69, 9.17) is 0 Å². The van der Waals surface area contributed by atoms with Gasteiger partial charge in [0.1, 0.15) is 0 Å². The summed E-state index contributed by atoms with van der Waals surface area (Å²) < 4.78 is 0. The van der Waals surface area contributed by atoms with Gasteiger partial charge in [-0.3, -0.25) is 0 Å². The van der Waals surface area contributed by atoms with E-state index in [2.05, 4.69) is 34.6 Å². The third-order valence-corrected chi connectivity index (χ3v) is 8.79. The van der Waals surface area contributed by atoms with Gasteiger partial charge in [0.15, 0.2) is 0 Å². The minimum Gasteiger partial charge on any atom is -0.0648 e. The predicted molar refractivity (Wildman–Crippen MR) is 120 cm³/mol. The van der Waals surface area contributed by atoms with E-state index < -0.39 is 0 Å². The topological polar surface area (TPSA) is 0 Å². The van der Waals surface area contributed by atoms with E-state index >= 15 is 0 Å².